The fourth-order valence-corrected chi connectivity index (χ4v) is 3.17. The van der Waals surface area contributed by atoms with E-state index < -0.39 is 0 Å². The molecule has 0 bridgehead atoms. The van der Waals surface area contributed by atoms with Gasteiger partial charge in [-0.2, -0.15) is 0 Å². The Labute approximate surface area is 116 Å². The van der Waals surface area contributed by atoms with Gasteiger partial charge in [0.15, 0.2) is 0 Å². The van der Waals surface area contributed by atoms with E-state index in [0.717, 1.165) is 11.0 Å². The standard InChI is InChI=1S/C16H16BrN/c1-11-6-7-16(15(17)8-11)18-10-13-9-12-4-2-3-5-14(12)13/h2-8,13,18H,9-10H2,1H3. The lowest BCUT2D eigenvalue weighted by Gasteiger charge is -2.30. The first-order valence-electron chi connectivity index (χ1n) is 6.32. The fraction of sp³-hybridized carbons (Fsp3) is 0.250. The lowest BCUT2D eigenvalue weighted by Crippen LogP contribution is -2.24. The van der Waals surface area contributed by atoms with Gasteiger partial charge in [0.25, 0.3) is 0 Å². The third kappa shape index (κ3) is 2.17. The Morgan fingerprint density at radius 2 is 2.06 bits per heavy atom. The summed E-state index contributed by atoms with van der Waals surface area (Å²) in [4.78, 5) is 0. The van der Waals surface area contributed by atoms with Crippen LogP contribution in [0.2, 0.25) is 0 Å². The van der Waals surface area contributed by atoms with Crippen LogP contribution in [0.3, 0.4) is 0 Å². The third-order valence-electron chi connectivity index (χ3n) is 3.62. The maximum Gasteiger partial charge on any atom is 0.0485 e. The average Bonchev–Trinajstić information content (AvgIpc) is 2.33. The smallest absolute Gasteiger partial charge is 0.0485 e. The van der Waals surface area contributed by atoms with Crippen molar-refractivity contribution >= 4 is 21.6 Å². The number of halogens is 1. The van der Waals surface area contributed by atoms with Crippen LogP contribution in [0.1, 0.15) is 22.6 Å². The zero-order chi connectivity index (χ0) is 12.5. The minimum absolute atomic E-state index is 0.661. The highest BCUT2D eigenvalue weighted by Gasteiger charge is 2.24. The third-order valence-corrected chi connectivity index (χ3v) is 4.28. The van der Waals surface area contributed by atoms with Crippen molar-refractivity contribution < 1.29 is 0 Å². The van der Waals surface area contributed by atoms with Crippen LogP contribution in [-0.2, 0) is 6.42 Å². The number of nitrogens with one attached hydrogen (secondary N) is 1. The highest BCUT2D eigenvalue weighted by Crippen LogP contribution is 2.35. The van der Waals surface area contributed by atoms with Gasteiger partial charge in [0.1, 0.15) is 0 Å². The summed E-state index contributed by atoms with van der Waals surface area (Å²) in [6, 6.07) is 15.2. The molecule has 18 heavy (non-hydrogen) atoms. The lowest BCUT2D eigenvalue weighted by molar-refractivity contribution is 0.635. The second-order valence-corrected chi connectivity index (χ2v) is 5.82. The van der Waals surface area contributed by atoms with E-state index in [9.17, 15) is 0 Å². The normalized spacial score (nSPS) is 16.9. The number of fused-ring (bicyclic) bond motifs is 1. The van der Waals surface area contributed by atoms with E-state index in [4.69, 9.17) is 0 Å². The molecule has 92 valence electrons. The van der Waals surface area contributed by atoms with Crippen molar-refractivity contribution in [2.45, 2.75) is 19.3 Å². The Morgan fingerprint density at radius 3 is 2.83 bits per heavy atom. The Morgan fingerprint density at radius 1 is 1.22 bits per heavy atom. The van der Waals surface area contributed by atoms with Crippen LogP contribution in [0.15, 0.2) is 46.9 Å². The molecule has 0 spiro atoms. The number of hydrogen-bond donors (Lipinski definition) is 1. The highest BCUT2D eigenvalue weighted by atomic mass is 79.9. The van der Waals surface area contributed by atoms with Crippen LogP contribution in [0.25, 0.3) is 0 Å². The minimum Gasteiger partial charge on any atom is -0.384 e. The molecule has 1 unspecified atom stereocenters. The zero-order valence-electron chi connectivity index (χ0n) is 10.4. The van der Waals surface area contributed by atoms with Crippen molar-refractivity contribution in [3.05, 3.63) is 63.6 Å². The minimum atomic E-state index is 0.661. The molecule has 1 aliphatic rings. The van der Waals surface area contributed by atoms with E-state index >= 15 is 0 Å². The lowest BCUT2D eigenvalue weighted by atomic mass is 9.77. The molecule has 0 amide bonds. The number of aryl methyl sites for hydroxylation is 1. The Kier molecular flexibility index (Phi) is 3.13. The quantitative estimate of drug-likeness (QED) is 0.879. The Balaban J connectivity index is 1.66. The van der Waals surface area contributed by atoms with Crippen LogP contribution in [0.4, 0.5) is 5.69 Å². The second-order valence-electron chi connectivity index (χ2n) is 4.96. The topological polar surface area (TPSA) is 12.0 Å². The molecule has 0 saturated carbocycles. The maximum absolute atomic E-state index is 3.61. The van der Waals surface area contributed by atoms with Crippen molar-refractivity contribution in [1.82, 2.24) is 0 Å². The molecule has 1 N–H and O–H groups in total. The molecule has 3 rings (SSSR count). The average molecular weight is 302 g/mol. The van der Waals surface area contributed by atoms with Crippen molar-refractivity contribution in [1.29, 1.82) is 0 Å². The van der Waals surface area contributed by atoms with E-state index in [2.05, 4.69) is 70.6 Å². The van der Waals surface area contributed by atoms with E-state index in [1.165, 1.54) is 28.8 Å². The molecule has 1 atom stereocenters. The first kappa shape index (κ1) is 11.8. The highest BCUT2D eigenvalue weighted by molar-refractivity contribution is 9.10. The maximum atomic E-state index is 3.61. The summed E-state index contributed by atoms with van der Waals surface area (Å²) in [5.41, 5.74) is 5.48. The fourth-order valence-electron chi connectivity index (χ4n) is 2.54. The molecule has 0 radical (unpaired) electrons. The van der Waals surface area contributed by atoms with E-state index in [-0.39, 0.29) is 0 Å². The van der Waals surface area contributed by atoms with Crippen LogP contribution in [0.5, 0.6) is 0 Å². The summed E-state index contributed by atoms with van der Waals surface area (Å²) in [7, 11) is 0. The van der Waals surface area contributed by atoms with Crippen molar-refractivity contribution in [2.24, 2.45) is 0 Å². The summed E-state index contributed by atoms with van der Waals surface area (Å²) in [5.74, 6) is 0.661. The van der Waals surface area contributed by atoms with Crippen LogP contribution < -0.4 is 5.32 Å². The molecule has 0 heterocycles. The van der Waals surface area contributed by atoms with Crippen molar-refractivity contribution in [2.75, 3.05) is 11.9 Å². The largest absolute Gasteiger partial charge is 0.384 e. The van der Waals surface area contributed by atoms with Gasteiger partial charge >= 0.3 is 0 Å². The number of anilines is 1. The Hall–Kier alpha value is -1.28. The molecule has 0 aromatic heterocycles. The van der Waals surface area contributed by atoms with Gasteiger partial charge in [-0.15, -0.1) is 0 Å². The molecule has 2 heteroatoms. The van der Waals surface area contributed by atoms with Gasteiger partial charge < -0.3 is 5.32 Å². The van der Waals surface area contributed by atoms with Gasteiger partial charge in [0, 0.05) is 22.6 Å². The predicted molar refractivity (Wildman–Crippen MR) is 80.3 cm³/mol. The van der Waals surface area contributed by atoms with Crippen molar-refractivity contribution in [3.63, 3.8) is 0 Å². The van der Waals surface area contributed by atoms with Crippen LogP contribution in [-0.4, -0.2) is 6.54 Å². The SMILES string of the molecule is Cc1ccc(NCC2Cc3ccccc32)c(Br)c1. The molecular formula is C16H16BrN. The van der Waals surface area contributed by atoms with Crippen molar-refractivity contribution in [3.8, 4) is 0 Å². The van der Waals surface area contributed by atoms with Gasteiger partial charge in [0.05, 0.1) is 0 Å². The molecule has 2 aromatic rings. The van der Waals surface area contributed by atoms with Gasteiger partial charge in [-0.05, 0) is 58.1 Å². The summed E-state index contributed by atoms with van der Waals surface area (Å²) in [6.07, 6.45) is 1.20. The number of hydrogen-bond acceptors (Lipinski definition) is 1. The van der Waals surface area contributed by atoms with Crippen LogP contribution >= 0.6 is 15.9 Å². The van der Waals surface area contributed by atoms with Gasteiger partial charge in [-0.3, -0.25) is 0 Å². The second kappa shape index (κ2) is 4.77. The van der Waals surface area contributed by atoms with Gasteiger partial charge in [-0.25, -0.2) is 0 Å². The molecule has 0 saturated heterocycles. The summed E-state index contributed by atoms with van der Waals surface area (Å²) < 4.78 is 1.15. The van der Waals surface area contributed by atoms with Gasteiger partial charge in [0.2, 0.25) is 0 Å². The molecule has 1 nitrogen and oxygen atoms in total. The molecular weight excluding hydrogens is 286 g/mol. The number of benzene rings is 2. The monoisotopic (exact) mass is 301 g/mol. The molecule has 2 aromatic carbocycles. The molecule has 0 aliphatic heterocycles. The summed E-state index contributed by atoms with van der Waals surface area (Å²) in [5, 5.41) is 3.54. The van der Waals surface area contributed by atoms with Gasteiger partial charge in [-0.1, -0.05) is 30.3 Å². The first-order chi connectivity index (χ1) is 8.74. The van der Waals surface area contributed by atoms with Crippen LogP contribution in [0, 0.1) is 6.92 Å². The van der Waals surface area contributed by atoms with E-state index in [1.807, 2.05) is 0 Å². The van der Waals surface area contributed by atoms with E-state index in [1.54, 1.807) is 0 Å². The Bertz CT molecular complexity index is 577. The number of rotatable bonds is 3. The van der Waals surface area contributed by atoms with E-state index in [0.29, 0.717) is 5.92 Å². The summed E-state index contributed by atoms with van der Waals surface area (Å²) >= 11 is 3.61. The summed E-state index contributed by atoms with van der Waals surface area (Å²) in [6.45, 7) is 3.12. The zero-order valence-corrected chi connectivity index (χ0v) is 12.0. The molecule has 1 aliphatic carbocycles. The molecule has 0 fully saturated rings. The predicted octanol–water partition coefficient (Wildman–Crippen LogP) is 4.51. The first-order valence-corrected chi connectivity index (χ1v) is 7.11.